The minimum atomic E-state index is -0.645. The molecule has 0 spiro atoms. The Morgan fingerprint density at radius 1 is 1.50 bits per heavy atom. The third-order valence-corrected chi connectivity index (χ3v) is 1.96. The summed E-state index contributed by atoms with van der Waals surface area (Å²) in [7, 11) is 0. The van der Waals surface area contributed by atoms with E-state index in [0.717, 1.165) is 6.54 Å². The molecule has 0 aliphatic heterocycles. The maximum Gasteiger partial charge on any atom is 0.1000 e. The molecule has 2 N–H and O–H groups in total. The van der Waals surface area contributed by atoms with Crippen molar-refractivity contribution in [3.8, 4) is 0 Å². The van der Waals surface area contributed by atoms with Crippen LogP contribution in [0.1, 0.15) is 32.1 Å². The Labute approximate surface area is 84.2 Å². The molecule has 1 atom stereocenters. The predicted octanol–water partition coefficient (Wildman–Crippen LogP) is 0.955. The third-order valence-electron chi connectivity index (χ3n) is 1.96. The van der Waals surface area contributed by atoms with Crippen molar-refractivity contribution in [1.82, 2.24) is 9.78 Å². The summed E-state index contributed by atoms with van der Waals surface area (Å²) in [6.07, 6.45) is 1.56. The van der Waals surface area contributed by atoms with Gasteiger partial charge in [0.15, 0.2) is 0 Å². The zero-order chi connectivity index (χ0) is 10.6. The quantitative estimate of drug-likeness (QED) is 0.740. The molecule has 0 amide bonds. The standard InChI is InChI=1S/C10H18N2O2/c1-8(2)7-12-5-3-9(11-12)10(14)4-6-13/h3,5,8,10,13-14H,4,6-7H2,1-2H3. The lowest BCUT2D eigenvalue weighted by atomic mass is 10.2. The Hall–Kier alpha value is -0.870. The molecule has 0 saturated carbocycles. The molecule has 0 radical (unpaired) electrons. The summed E-state index contributed by atoms with van der Waals surface area (Å²) < 4.78 is 1.82. The van der Waals surface area contributed by atoms with Crippen molar-refractivity contribution in [3.05, 3.63) is 18.0 Å². The van der Waals surface area contributed by atoms with Gasteiger partial charge < -0.3 is 10.2 Å². The Bertz CT molecular complexity index is 271. The molecule has 4 heteroatoms. The summed E-state index contributed by atoms with van der Waals surface area (Å²) in [6.45, 7) is 5.07. The van der Waals surface area contributed by atoms with Crippen molar-refractivity contribution in [2.24, 2.45) is 5.92 Å². The Morgan fingerprint density at radius 2 is 2.21 bits per heavy atom. The average Bonchev–Trinajstić information content (AvgIpc) is 2.52. The molecule has 0 bridgehead atoms. The maximum atomic E-state index is 9.53. The van der Waals surface area contributed by atoms with E-state index in [1.54, 1.807) is 6.07 Å². The molecule has 0 saturated heterocycles. The topological polar surface area (TPSA) is 58.3 Å². The Balaban J connectivity index is 2.58. The van der Waals surface area contributed by atoms with E-state index >= 15 is 0 Å². The average molecular weight is 198 g/mol. The van der Waals surface area contributed by atoms with Gasteiger partial charge in [-0.3, -0.25) is 4.68 Å². The van der Waals surface area contributed by atoms with Crippen LogP contribution in [0, 0.1) is 5.92 Å². The summed E-state index contributed by atoms with van der Waals surface area (Å²) in [5.74, 6) is 0.540. The number of rotatable bonds is 5. The molecule has 4 nitrogen and oxygen atoms in total. The molecule has 14 heavy (non-hydrogen) atoms. The molecule has 1 rings (SSSR count). The highest BCUT2D eigenvalue weighted by Crippen LogP contribution is 2.13. The van der Waals surface area contributed by atoms with Gasteiger partial charge in [-0.25, -0.2) is 0 Å². The number of aromatic nitrogens is 2. The molecule has 1 aromatic heterocycles. The lowest BCUT2D eigenvalue weighted by molar-refractivity contribution is 0.129. The molecule has 0 aromatic carbocycles. The molecule has 1 unspecified atom stereocenters. The number of hydrogen-bond acceptors (Lipinski definition) is 3. The molecule has 0 aliphatic carbocycles. The van der Waals surface area contributed by atoms with Crippen LogP contribution in [0.15, 0.2) is 12.3 Å². The lowest BCUT2D eigenvalue weighted by Gasteiger charge is -2.06. The highest BCUT2D eigenvalue weighted by atomic mass is 16.3. The first kappa shape index (κ1) is 11.2. The minimum Gasteiger partial charge on any atom is -0.396 e. The number of aliphatic hydroxyl groups is 2. The third kappa shape index (κ3) is 3.12. The molecule has 1 heterocycles. The molecule has 0 fully saturated rings. The van der Waals surface area contributed by atoms with Crippen LogP contribution in [0.2, 0.25) is 0 Å². The molecule has 1 aromatic rings. The Morgan fingerprint density at radius 3 is 2.79 bits per heavy atom. The van der Waals surface area contributed by atoms with E-state index in [0.29, 0.717) is 18.0 Å². The van der Waals surface area contributed by atoms with Crippen LogP contribution in [0.5, 0.6) is 0 Å². The first-order chi connectivity index (χ1) is 6.63. The number of hydrogen-bond donors (Lipinski definition) is 2. The van der Waals surface area contributed by atoms with Crippen molar-refractivity contribution < 1.29 is 10.2 Å². The van der Waals surface area contributed by atoms with E-state index in [2.05, 4.69) is 18.9 Å². The van der Waals surface area contributed by atoms with E-state index in [1.807, 2.05) is 10.9 Å². The van der Waals surface area contributed by atoms with Crippen molar-refractivity contribution in [2.75, 3.05) is 6.61 Å². The maximum absolute atomic E-state index is 9.53. The smallest absolute Gasteiger partial charge is 0.1000 e. The monoisotopic (exact) mass is 198 g/mol. The van der Waals surface area contributed by atoms with E-state index in [1.165, 1.54) is 0 Å². The van der Waals surface area contributed by atoms with Crippen molar-refractivity contribution in [1.29, 1.82) is 0 Å². The second-order valence-electron chi connectivity index (χ2n) is 3.88. The SMILES string of the molecule is CC(C)Cn1ccc(C(O)CCO)n1. The van der Waals surface area contributed by atoms with E-state index in [4.69, 9.17) is 5.11 Å². The fourth-order valence-electron chi connectivity index (χ4n) is 1.30. The van der Waals surface area contributed by atoms with E-state index in [-0.39, 0.29) is 6.61 Å². The van der Waals surface area contributed by atoms with Crippen LogP contribution >= 0.6 is 0 Å². The molecule has 80 valence electrons. The minimum absolute atomic E-state index is 0.0157. The lowest BCUT2D eigenvalue weighted by Crippen LogP contribution is -2.07. The van der Waals surface area contributed by atoms with Crippen molar-refractivity contribution >= 4 is 0 Å². The van der Waals surface area contributed by atoms with Gasteiger partial charge in [0.1, 0.15) is 0 Å². The van der Waals surface area contributed by atoms with Crippen LogP contribution < -0.4 is 0 Å². The Kier molecular flexibility index (Phi) is 4.10. The molecular formula is C10H18N2O2. The van der Waals surface area contributed by atoms with Gasteiger partial charge >= 0.3 is 0 Å². The fraction of sp³-hybridized carbons (Fsp3) is 0.700. The zero-order valence-electron chi connectivity index (χ0n) is 8.72. The van der Waals surface area contributed by atoms with Crippen LogP contribution in [-0.4, -0.2) is 26.6 Å². The van der Waals surface area contributed by atoms with E-state index < -0.39 is 6.10 Å². The zero-order valence-corrected chi connectivity index (χ0v) is 8.72. The van der Waals surface area contributed by atoms with Gasteiger partial charge in [0.2, 0.25) is 0 Å². The first-order valence-corrected chi connectivity index (χ1v) is 4.95. The van der Waals surface area contributed by atoms with Gasteiger partial charge in [-0.2, -0.15) is 5.10 Å². The second-order valence-corrected chi connectivity index (χ2v) is 3.88. The van der Waals surface area contributed by atoms with E-state index in [9.17, 15) is 5.11 Å². The van der Waals surface area contributed by atoms with Crippen LogP contribution in [0.4, 0.5) is 0 Å². The van der Waals surface area contributed by atoms with Gasteiger partial charge in [-0.1, -0.05) is 13.8 Å². The van der Waals surface area contributed by atoms with Crippen LogP contribution in [0.3, 0.4) is 0 Å². The summed E-state index contributed by atoms with van der Waals surface area (Å²) in [5, 5.41) is 22.4. The van der Waals surface area contributed by atoms with Gasteiger partial charge in [0.05, 0.1) is 11.8 Å². The summed E-state index contributed by atoms with van der Waals surface area (Å²) in [5.41, 5.74) is 0.639. The predicted molar refractivity (Wildman–Crippen MR) is 53.7 cm³/mol. The van der Waals surface area contributed by atoms with Crippen LogP contribution in [0.25, 0.3) is 0 Å². The number of aliphatic hydroxyl groups excluding tert-OH is 2. The van der Waals surface area contributed by atoms with Gasteiger partial charge in [-0.15, -0.1) is 0 Å². The van der Waals surface area contributed by atoms with Gasteiger partial charge in [0, 0.05) is 25.8 Å². The molecule has 0 aliphatic rings. The number of nitrogens with zero attached hydrogens (tertiary/aromatic N) is 2. The highest BCUT2D eigenvalue weighted by molar-refractivity contribution is 5.02. The van der Waals surface area contributed by atoms with Gasteiger partial charge in [0.25, 0.3) is 0 Å². The summed E-state index contributed by atoms with van der Waals surface area (Å²) in [6, 6.07) is 1.79. The van der Waals surface area contributed by atoms with Crippen molar-refractivity contribution in [2.45, 2.75) is 32.9 Å². The first-order valence-electron chi connectivity index (χ1n) is 4.95. The largest absolute Gasteiger partial charge is 0.396 e. The highest BCUT2D eigenvalue weighted by Gasteiger charge is 2.10. The normalized spacial score (nSPS) is 13.5. The summed E-state index contributed by atoms with van der Waals surface area (Å²) in [4.78, 5) is 0. The molecular weight excluding hydrogens is 180 g/mol. The second kappa shape index (κ2) is 5.12. The summed E-state index contributed by atoms with van der Waals surface area (Å²) >= 11 is 0. The van der Waals surface area contributed by atoms with Crippen molar-refractivity contribution in [3.63, 3.8) is 0 Å². The van der Waals surface area contributed by atoms with Crippen LogP contribution in [-0.2, 0) is 6.54 Å². The fourth-order valence-corrected chi connectivity index (χ4v) is 1.30. The van der Waals surface area contributed by atoms with Gasteiger partial charge in [-0.05, 0) is 12.0 Å².